The molecule has 0 unspecified atom stereocenters. The van der Waals surface area contributed by atoms with Crippen molar-refractivity contribution in [3.63, 3.8) is 0 Å². The highest BCUT2D eigenvalue weighted by Gasteiger charge is 2.00. The molecule has 0 radical (unpaired) electrons. The molecule has 2 aromatic carbocycles. The fourth-order valence-electron chi connectivity index (χ4n) is 1.67. The molecule has 0 atom stereocenters. The maximum Gasteiger partial charge on any atom is 0.174 e. The largest absolute Gasteiger partial charge is 0.479 e. The molecule has 0 spiro atoms. The molecule has 0 aliphatic heterocycles. The number of nitrogens with one attached hydrogen (secondary N) is 1. The van der Waals surface area contributed by atoms with E-state index >= 15 is 0 Å². The fraction of sp³-hybridized carbons (Fsp3) is 0.133. The second-order valence-electron chi connectivity index (χ2n) is 4.08. The highest BCUT2D eigenvalue weighted by molar-refractivity contribution is 9.10. The highest BCUT2D eigenvalue weighted by atomic mass is 79.9. The molecule has 0 saturated heterocycles. The van der Waals surface area contributed by atoms with Gasteiger partial charge in [-0.25, -0.2) is 0 Å². The SMILES string of the molecule is N#CCOc1cccc(CNc2ccc(Br)c(Cl)c2)c1. The first-order valence-electron chi connectivity index (χ1n) is 5.96. The summed E-state index contributed by atoms with van der Waals surface area (Å²) in [6, 6.07) is 15.3. The van der Waals surface area contributed by atoms with Crippen LogP contribution in [-0.2, 0) is 6.54 Å². The van der Waals surface area contributed by atoms with E-state index in [1.165, 1.54) is 0 Å². The highest BCUT2D eigenvalue weighted by Crippen LogP contribution is 2.26. The maximum absolute atomic E-state index is 8.49. The molecule has 5 heteroatoms. The van der Waals surface area contributed by atoms with Gasteiger partial charge in [0.05, 0.1) is 5.02 Å². The summed E-state index contributed by atoms with van der Waals surface area (Å²) < 4.78 is 6.14. The number of nitriles is 1. The molecular formula is C15H12BrClN2O. The molecule has 0 aromatic heterocycles. The molecule has 0 bridgehead atoms. The maximum atomic E-state index is 8.49. The van der Waals surface area contributed by atoms with Crippen molar-refractivity contribution in [2.24, 2.45) is 0 Å². The van der Waals surface area contributed by atoms with Crippen LogP contribution in [0.1, 0.15) is 5.56 Å². The van der Waals surface area contributed by atoms with Crippen molar-refractivity contribution < 1.29 is 4.74 Å². The van der Waals surface area contributed by atoms with Crippen LogP contribution in [0.2, 0.25) is 5.02 Å². The van der Waals surface area contributed by atoms with Crippen molar-refractivity contribution in [1.82, 2.24) is 0 Å². The van der Waals surface area contributed by atoms with E-state index in [1.807, 2.05) is 48.5 Å². The van der Waals surface area contributed by atoms with Gasteiger partial charge in [-0.2, -0.15) is 5.26 Å². The number of rotatable bonds is 5. The summed E-state index contributed by atoms with van der Waals surface area (Å²) in [5, 5.41) is 12.4. The zero-order chi connectivity index (χ0) is 14.4. The standard InChI is InChI=1S/C15H12BrClN2O/c16-14-5-4-12(9-15(14)17)19-10-11-2-1-3-13(8-11)20-7-6-18/h1-5,8-9,19H,7,10H2. The molecular weight excluding hydrogens is 340 g/mol. The van der Waals surface area contributed by atoms with E-state index in [4.69, 9.17) is 21.6 Å². The summed E-state index contributed by atoms with van der Waals surface area (Å²) in [4.78, 5) is 0. The summed E-state index contributed by atoms with van der Waals surface area (Å²) in [6.07, 6.45) is 0. The van der Waals surface area contributed by atoms with Gasteiger partial charge in [0.2, 0.25) is 0 Å². The average Bonchev–Trinajstić information content (AvgIpc) is 2.47. The van der Waals surface area contributed by atoms with Crippen molar-refractivity contribution in [3.8, 4) is 11.8 Å². The third kappa shape index (κ3) is 4.16. The zero-order valence-corrected chi connectivity index (χ0v) is 12.9. The number of hydrogen-bond donors (Lipinski definition) is 1. The lowest BCUT2D eigenvalue weighted by molar-refractivity contribution is 0.368. The molecule has 0 amide bonds. The van der Waals surface area contributed by atoms with E-state index < -0.39 is 0 Å². The summed E-state index contributed by atoms with van der Waals surface area (Å²) in [5.41, 5.74) is 2.01. The zero-order valence-electron chi connectivity index (χ0n) is 10.6. The van der Waals surface area contributed by atoms with Crippen LogP contribution in [0.5, 0.6) is 5.75 Å². The Labute approximate surface area is 131 Å². The molecule has 20 heavy (non-hydrogen) atoms. The Morgan fingerprint density at radius 3 is 2.85 bits per heavy atom. The van der Waals surface area contributed by atoms with Crippen molar-refractivity contribution in [3.05, 3.63) is 57.5 Å². The lowest BCUT2D eigenvalue weighted by Crippen LogP contribution is -2.00. The lowest BCUT2D eigenvalue weighted by atomic mass is 10.2. The molecule has 3 nitrogen and oxygen atoms in total. The van der Waals surface area contributed by atoms with E-state index in [2.05, 4.69) is 21.2 Å². The van der Waals surface area contributed by atoms with Crippen LogP contribution in [0, 0.1) is 11.3 Å². The first-order valence-corrected chi connectivity index (χ1v) is 7.14. The Balaban J connectivity index is 1.99. The minimum atomic E-state index is 0.0548. The molecule has 0 fully saturated rings. The van der Waals surface area contributed by atoms with Gasteiger partial charge in [-0.15, -0.1) is 0 Å². The Bertz CT molecular complexity index is 640. The van der Waals surface area contributed by atoms with Crippen LogP contribution < -0.4 is 10.1 Å². The van der Waals surface area contributed by atoms with Crippen LogP contribution in [0.15, 0.2) is 46.9 Å². The van der Waals surface area contributed by atoms with Gasteiger partial charge in [0.15, 0.2) is 6.61 Å². The van der Waals surface area contributed by atoms with Gasteiger partial charge in [-0.3, -0.25) is 0 Å². The predicted molar refractivity (Wildman–Crippen MR) is 84.0 cm³/mol. The second kappa shape index (κ2) is 7.18. The number of benzene rings is 2. The molecule has 2 rings (SSSR count). The Kier molecular flexibility index (Phi) is 5.28. The third-order valence-corrected chi connectivity index (χ3v) is 3.85. The molecule has 1 N–H and O–H groups in total. The normalized spacial score (nSPS) is 9.85. The van der Waals surface area contributed by atoms with Crippen molar-refractivity contribution in [2.45, 2.75) is 6.54 Å². The summed E-state index contributed by atoms with van der Waals surface area (Å²) >= 11 is 9.40. The molecule has 2 aromatic rings. The summed E-state index contributed by atoms with van der Waals surface area (Å²) in [5.74, 6) is 0.694. The summed E-state index contributed by atoms with van der Waals surface area (Å²) in [7, 11) is 0. The number of ether oxygens (including phenoxy) is 1. The first kappa shape index (κ1) is 14.7. The minimum Gasteiger partial charge on any atom is -0.479 e. The van der Waals surface area contributed by atoms with Crippen molar-refractivity contribution >= 4 is 33.2 Å². The minimum absolute atomic E-state index is 0.0548. The third-order valence-electron chi connectivity index (χ3n) is 2.62. The molecule has 0 heterocycles. The van der Waals surface area contributed by atoms with Gasteiger partial charge < -0.3 is 10.1 Å². The van der Waals surface area contributed by atoms with Crippen LogP contribution in [-0.4, -0.2) is 6.61 Å². The van der Waals surface area contributed by atoms with E-state index in [0.717, 1.165) is 15.7 Å². The van der Waals surface area contributed by atoms with Crippen molar-refractivity contribution in [1.29, 1.82) is 5.26 Å². The van der Waals surface area contributed by atoms with E-state index in [1.54, 1.807) is 0 Å². The number of nitrogens with zero attached hydrogens (tertiary/aromatic N) is 1. The van der Waals surface area contributed by atoms with Gasteiger partial charge >= 0.3 is 0 Å². The quantitative estimate of drug-likeness (QED) is 0.855. The Morgan fingerprint density at radius 1 is 1.25 bits per heavy atom. The molecule has 102 valence electrons. The molecule has 0 aliphatic carbocycles. The van der Waals surface area contributed by atoms with Gasteiger partial charge in [0.1, 0.15) is 11.8 Å². The van der Waals surface area contributed by atoms with E-state index in [0.29, 0.717) is 17.3 Å². The van der Waals surface area contributed by atoms with Gasteiger partial charge in [0.25, 0.3) is 0 Å². The Morgan fingerprint density at radius 2 is 2.10 bits per heavy atom. The molecule has 0 aliphatic rings. The average molecular weight is 352 g/mol. The topological polar surface area (TPSA) is 45.0 Å². The van der Waals surface area contributed by atoms with Crippen LogP contribution >= 0.6 is 27.5 Å². The molecule has 0 saturated carbocycles. The predicted octanol–water partition coefficient (Wildman–Crippen LogP) is 4.62. The smallest absolute Gasteiger partial charge is 0.174 e. The van der Waals surface area contributed by atoms with Gasteiger partial charge in [-0.1, -0.05) is 23.7 Å². The van der Waals surface area contributed by atoms with Crippen LogP contribution in [0.3, 0.4) is 0 Å². The Hall–Kier alpha value is -1.70. The van der Waals surface area contributed by atoms with E-state index in [-0.39, 0.29) is 6.61 Å². The van der Waals surface area contributed by atoms with E-state index in [9.17, 15) is 0 Å². The second-order valence-corrected chi connectivity index (χ2v) is 5.34. The number of hydrogen-bond acceptors (Lipinski definition) is 3. The van der Waals surface area contributed by atoms with Crippen LogP contribution in [0.4, 0.5) is 5.69 Å². The fourth-order valence-corrected chi connectivity index (χ4v) is 2.10. The van der Waals surface area contributed by atoms with Crippen molar-refractivity contribution in [2.75, 3.05) is 11.9 Å². The number of halogens is 2. The first-order chi connectivity index (χ1) is 9.69. The monoisotopic (exact) mass is 350 g/mol. The van der Waals surface area contributed by atoms with Gasteiger partial charge in [-0.05, 0) is 51.8 Å². The van der Waals surface area contributed by atoms with Crippen LogP contribution in [0.25, 0.3) is 0 Å². The summed E-state index contributed by atoms with van der Waals surface area (Å²) in [6.45, 7) is 0.709. The van der Waals surface area contributed by atoms with Gasteiger partial charge in [0, 0.05) is 16.7 Å². The lowest BCUT2D eigenvalue weighted by Gasteiger charge is -2.09. The number of anilines is 1.